The number of amides is 2. The van der Waals surface area contributed by atoms with Crippen LogP contribution in [0.25, 0.3) is 10.8 Å². The lowest BCUT2D eigenvalue weighted by Gasteiger charge is -2.10. The zero-order valence-electron chi connectivity index (χ0n) is 16.4. The van der Waals surface area contributed by atoms with Gasteiger partial charge >= 0.3 is 5.97 Å². The van der Waals surface area contributed by atoms with Crippen molar-refractivity contribution in [2.45, 2.75) is 0 Å². The Labute approximate surface area is 177 Å². The number of aryl methyl sites for hydroxylation is 1. The normalized spacial score (nSPS) is 10.6. The van der Waals surface area contributed by atoms with E-state index >= 15 is 0 Å². The summed E-state index contributed by atoms with van der Waals surface area (Å²) >= 11 is 0. The van der Waals surface area contributed by atoms with Gasteiger partial charge in [-0.1, -0.05) is 18.2 Å². The van der Waals surface area contributed by atoms with E-state index in [0.717, 1.165) is 10.7 Å². The molecule has 166 valence electrons. The number of fused-ring (bicyclic) bond motifs is 1. The third-order valence-corrected chi connectivity index (χ3v) is 4.24. The second-order valence-electron chi connectivity index (χ2n) is 6.45. The Morgan fingerprint density at radius 3 is 2.41 bits per heavy atom. The molecule has 0 aliphatic carbocycles. The smallest absolute Gasteiger partial charge is 0.359 e. The molecule has 0 saturated heterocycles. The van der Waals surface area contributed by atoms with Crippen LogP contribution >= 0.6 is 0 Å². The number of hydrogen-bond donors (Lipinski definition) is 2. The van der Waals surface area contributed by atoms with Crippen molar-refractivity contribution >= 4 is 34.2 Å². The van der Waals surface area contributed by atoms with Gasteiger partial charge in [0.15, 0.2) is 29.8 Å². The molecule has 0 unspecified atom stereocenters. The van der Waals surface area contributed by atoms with Crippen LogP contribution in [0.1, 0.15) is 10.5 Å². The molecule has 0 fully saturated rings. The molecule has 0 aliphatic rings. The van der Waals surface area contributed by atoms with Crippen LogP contribution in [0.15, 0.2) is 41.2 Å². The maximum Gasteiger partial charge on any atom is 0.359 e. The van der Waals surface area contributed by atoms with Crippen molar-refractivity contribution in [2.24, 2.45) is 7.05 Å². The molecule has 12 heteroatoms. The van der Waals surface area contributed by atoms with Crippen LogP contribution in [0.5, 0.6) is 0 Å². The maximum absolute atomic E-state index is 13.6. The van der Waals surface area contributed by atoms with Crippen LogP contribution in [0.2, 0.25) is 0 Å². The Morgan fingerprint density at radius 1 is 1.00 bits per heavy atom. The first-order valence-electron chi connectivity index (χ1n) is 9.02. The third kappa shape index (κ3) is 4.74. The molecule has 0 radical (unpaired) electrons. The van der Waals surface area contributed by atoms with Crippen LogP contribution in [0.4, 0.5) is 18.9 Å². The molecular weight excluding hydrogens is 433 g/mol. The van der Waals surface area contributed by atoms with E-state index in [2.05, 4.69) is 10.4 Å². The van der Waals surface area contributed by atoms with Crippen molar-refractivity contribution < 1.29 is 32.3 Å². The minimum atomic E-state index is -1.75. The van der Waals surface area contributed by atoms with Crippen LogP contribution in [0.3, 0.4) is 0 Å². The molecular formula is C20H15F3N4O5. The highest BCUT2D eigenvalue weighted by Crippen LogP contribution is 2.19. The number of carbonyl (C=O) groups is 3. The molecule has 3 aromatic rings. The molecule has 1 aromatic heterocycles. The van der Waals surface area contributed by atoms with Gasteiger partial charge in [-0.2, -0.15) is 5.10 Å². The first-order valence-corrected chi connectivity index (χ1v) is 9.02. The van der Waals surface area contributed by atoms with Gasteiger partial charge in [-0.25, -0.2) is 22.6 Å². The number of nitrogens with one attached hydrogen (secondary N) is 2. The summed E-state index contributed by atoms with van der Waals surface area (Å²) in [6, 6.07) is 7.67. The van der Waals surface area contributed by atoms with Crippen LogP contribution in [-0.4, -0.2) is 40.7 Å². The summed E-state index contributed by atoms with van der Waals surface area (Å²) in [5, 5.41) is 8.43. The quantitative estimate of drug-likeness (QED) is 0.433. The number of nitrogens with zero attached hydrogens (tertiary/aromatic N) is 2. The van der Waals surface area contributed by atoms with Gasteiger partial charge in [-0.3, -0.25) is 14.4 Å². The van der Waals surface area contributed by atoms with E-state index in [0.29, 0.717) is 6.07 Å². The van der Waals surface area contributed by atoms with E-state index in [-0.39, 0.29) is 16.5 Å². The fraction of sp³-hybridized carbons (Fsp3) is 0.150. The molecule has 0 atom stereocenters. The van der Waals surface area contributed by atoms with Crippen molar-refractivity contribution in [3.63, 3.8) is 0 Å². The number of aromatic nitrogens is 2. The molecule has 2 N–H and O–H groups in total. The first kappa shape index (κ1) is 22.5. The standard InChI is InChI=1S/C20H15F3N4O5/c1-27-19(30)11-5-3-2-4-10(11)18(26-27)20(31)32-9-15(29)24-8-14(28)25-13-7-6-12(21)16(22)17(13)23/h2-7H,8-9H2,1H3,(H,24,29)(H,25,28). The number of anilines is 1. The number of esters is 1. The Morgan fingerprint density at radius 2 is 1.69 bits per heavy atom. The lowest BCUT2D eigenvalue weighted by Crippen LogP contribution is -2.36. The SMILES string of the molecule is Cn1nc(C(=O)OCC(=O)NCC(=O)Nc2ccc(F)c(F)c2F)c2ccccc2c1=O. The highest BCUT2D eigenvalue weighted by molar-refractivity contribution is 6.02. The lowest BCUT2D eigenvalue weighted by molar-refractivity contribution is -0.126. The van der Waals surface area contributed by atoms with Gasteiger partial charge in [0, 0.05) is 12.4 Å². The summed E-state index contributed by atoms with van der Waals surface area (Å²) in [7, 11) is 1.35. The van der Waals surface area contributed by atoms with Crippen molar-refractivity contribution in [3.8, 4) is 0 Å². The van der Waals surface area contributed by atoms with Crippen molar-refractivity contribution in [3.05, 3.63) is 69.9 Å². The third-order valence-electron chi connectivity index (χ3n) is 4.24. The molecule has 3 rings (SSSR count). The number of ether oxygens (including phenoxy) is 1. The van der Waals surface area contributed by atoms with Crippen LogP contribution in [0, 0.1) is 17.5 Å². The van der Waals surface area contributed by atoms with E-state index in [1.165, 1.54) is 19.2 Å². The van der Waals surface area contributed by atoms with E-state index in [1.54, 1.807) is 12.1 Å². The zero-order valence-corrected chi connectivity index (χ0v) is 16.4. The summed E-state index contributed by atoms with van der Waals surface area (Å²) < 4.78 is 45.5. The molecule has 2 aromatic carbocycles. The molecule has 0 spiro atoms. The topological polar surface area (TPSA) is 119 Å². The predicted octanol–water partition coefficient (Wildman–Crippen LogP) is 1.26. The van der Waals surface area contributed by atoms with E-state index in [4.69, 9.17) is 4.74 Å². The summed E-state index contributed by atoms with van der Waals surface area (Å²) in [4.78, 5) is 48.1. The summed E-state index contributed by atoms with van der Waals surface area (Å²) in [6.45, 7) is -1.43. The van der Waals surface area contributed by atoms with Gasteiger partial charge in [0.2, 0.25) is 5.91 Å². The van der Waals surface area contributed by atoms with Gasteiger partial charge in [-0.15, -0.1) is 0 Å². The fourth-order valence-corrected chi connectivity index (χ4v) is 2.70. The minimum absolute atomic E-state index is 0.179. The number of carbonyl (C=O) groups excluding carboxylic acids is 3. The van der Waals surface area contributed by atoms with Crippen LogP contribution in [-0.2, 0) is 21.4 Å². The van der Waals surface area contributed by atoms with Crippen molar-refractivity contribution in [1.82, 2.24) is 15.1 Å². The summed E-state index contributed by atoms with van der Waals surface area (Å²) in [5.74, 6) is -7.53. The number of halogens is 3. The minimum Gasteiger partial charge on any atom is -0.451 e. The summed E-state index contributed by atoms with van der Waals surface area (Å²) in [5.41, 5.74) is -1.21. The van der Waals surface area contributed by atoms with E-state index < -0.39 is 59.6 Å². The number of benzene rings is 2. The Kier molecular flexibility index (Phi) is 6.52. The van der Waals surface area contributed by atoms with Gasteiger partial charge in [-0.05, 0) is 18.2 Å². The largest absolute Gasteiger partial charge is 0.451 e. The maximum atomic E-state index is 13.6. The highest BCUT2D eigenvalue weighted by atomic mass is 19.2. The number of rotatable bonds is 6. The zero-order chi connectivity index (χ0) is 23.4. The van der Waals surface area contributed by atoms with Crippen molar-refractivity contribution in [1.29, 1.82) is 0 Å². The Hall–Kier alpha value is -4.22. The fourth-order valence-electron chi connectivity index (χ4n) is 2.70. The van der Waals surface area contributed by atoms with Gasteiger partial charge in [0.05, 0.1) is 17.6 Å². The highest BCUT2D eigenvalue weighted by Gasteiger charge is 2.19. The Balaban J connectivity index is 1.57. The van der Waals surface area contributed by atoms with Gasteiger partial charge in [0.1, 0.15) is 0 Å². The van der Waals surface area contributed by atoms with Crippen LogP contribution < -0.4 is 16.2 Å². The Bertz CT molecular complexity index is 1290. The molecule has 32 heavy (non-hydrogen) atoms. The monoisotopic (exact) mass is 448 g/mol. The molecule has 9 nitrogen and oxygen atoms in total. The van der Waals surface area contributed by atoms with E-state index in [9.17, 15) is 32.3 Å². The first-order chi connectivity index (χ1) is 15.2. The molecule has 1 heterocycles. The molecule has 0 saturated carbocycles. The predicted molar refractivity (Wildman–Crippen MR) is 105 cm³/mol. The lowest BCUT2D eigenvalue weighted by atomic mass is 10.1. The van der Waals surface area contributed by atoms with Crippen molar-refractivity contribution in [2.75, 3.05) is 18.5 Å². The average molecular weight is 448 g/mol. The summed E-state index contributed by atoms with van der Waals surface area (Å²) in [6.07, 6.45) is 0. The molecule has 0 aliphatic heterocycles. The molecule has 2 amide bonds. The second-order valence-corrected chi connectivity index (χ2v) is 6.45. The number of hydrogen-bond acceptors (Lipinski definition) is 6. The second kappa shape index (κ2) is 9.29. The van der Waals surface area contributed by atoms with Gasteiger partial charge in [0.25, 0.3) is 11.5 Å². The average Bonchev–Trinajstić information content (AvgIpc) is 2.78. The molecule has 0 bridgehead atoms. The van der Waals surface area contributed by atoms with E-state index in [1.807, 2.05) is 5.32 Å². The van der Waals surface area contributed by atoms with Gasteiger partial charge < -0.3 is 15.4 Å².